The SMILES string of the molecule is Cc1ccc(C(C)C)c(O[C@H](C)C(=O)Nc2onc3c2CCCC3)c1. The lowest BCUT2D eigenvalue weighted by atomic mass is 9.98. The molecule has 25 heavy (non-hydrogen) atoms. The number of ether oxygens (including phenoxy) is 1. The second-order valence-corrected chi connectivity index (χ2v) is 7.09. The summed E-state index contributed by atoms with van der Waals surface area (Å²) in [4.78, 5) is 12.5. The minimum absolute atomic E-state index is 0.222. The maximum Gasteiger partial charge on any atom is 0.267 e. The van der Waals surface area contributed by atoms with E-state index < -0.39 is 6.10 Å². The second kappa shape index (κ2) is 7.30. The zero-order chi connectivity index (χ0) is 18.0. The van der Waals surface area contributed by atoms with E-state index in [9.17, 15) is 4.79 Å². The highest BCUT2D eigenvalue weighted by atomic mass is 16.5. The molecule has 1 amide bonds. The standard InChI is InChI=1S/C20H26N2O3/c1-12(2)15-10-9-13(3)11-18(15)24-14(4)19(23)21-20-16-7-5-6-8-17(16)22-25-20/h9-12,14H,5-8H2,1-4H3,(H,21,23)/t14-/m1/s1. The summed E-state index contributed by atoms with van der Waals surface area (Å²) in [5.74, 6) is 1.34. The van der Waals surface area contributed by atoms with Crippen LogP contribution in [-0.2, 0) is 17.6 Å². The molecule has 1 aromatic carbocycles. The number of hydrogen-bond acceptors (Lipinski definition) is 4. The molecule has 1 aliphatic rings. The first-order valence-corrected chi connectivity index (χ1v) is 9.01. The van der Waals surface area contributed by atoms with Crippen LogP contribution in [0.25, 0.3) is 0 Å². The van der Waals surface area contributed by atoms with E-state index in [1.807, 2.05) is 13.0 Å². The number of fused-ring (bicyclic) bond motifs is 1. The monoisotopic (exact) mass is 342 g/mol. The van der Waals surface area contributed by atoms with Crippen molar-refractivity contribution >= 4 is 11.8 Å². The van der Waals surface area contributed by atoms with Crippen LogP contribution in [0.1, 0.15) is 61.9 Å². The van der Waals surface area contributed by atoms with Crippen molar-refractivity contribution in [3.63, 3.8) is 0 Å². The first kappa shape index (κ1) is 17.5. The Morgan fingerprint density at radius 3 is 2.76 bits per heavy atom. The van der Waals surface area contributed by atoms with Crippen molar-refractivity contribution in [1.82, 2.24) is 5.16 Å². The molecule has 0 spiro atoms. The number of carbonyl (C=O) groups is 1. The Morgan fingerprint density at radius 2 is 2.00 bits per heavy atom. The molecule has 2 aromatic rings. The topological polar surface area (TPSA) is 64.4 Å². The maximum atomic E-state index is 12.5. The molecule has 134 valence electrons. The highest BCUT2D eigenvalue weighted by molar-refractivity contribution is 5.93. The molecule has 1 aromatic heterocycles. The van der Waals surface area contributed by atoms with E-state index >= 15 is 0 Å². The summed E-state index contributed by atoms with van der Waals surface area (Å²) in [7, 11) is 0. The normalized spacial score (nSPS) is 14.9. The highest BCUT2D eigenvalue weighted by Gasteiger charge is 2.24. The van der Waals surface area contributed by atoms with Crippen LogP contribution in [0.5, 0.6) is 5.75 Å². The summed E-state index contributed by atoms with van der Waals surface area (Å²) in [6.07, 6.45) is 3.42. The van der Waals surface area contributed by atoms with Gasteiger partial charge in [0.1, 0.15) is 5.75 Å². The van der Waals surface area contributed by atoms with Gasteiger partial charge in [-0.25, -0.2) is 0 Å². The molecule has 0 saturated heterocycles. The van der Waals surface area contributed by atoms with Crippen LogP contribution < -0.4 is 10.1 Å². The third kappa shape index (κ3) is 3.86. The molecule has 0 unspecified atom stereocenters. The van der Waals surface area contributed by atoms with Crippen LogP contribution in [0.15, 0.2) is 22.7 Å². The summed E-state index contributed by atoms with van der Waals surface area (Å²) in [6.45, 7) is 8.00. The number of benzene rings is 1. The van der Waals surface area contributed by atoms with Crippen LogP contribution in [0.2, 0.25) is 0 Å². The first-order valence-electron chi connectivity index (χ1n) is 9.01. The van der Waals surface area contributed by atoms with E-state index in [4.69, 9.17) is 9.26 Å². The van der Waals surface area contributed by atoms with Crippen LogP contribution in [0.4, 0.5) is 5.88 Å². The van der Waals surface area contributed by atoms with Gasteiger partial charge in [0.05, 0.1) is 5.69 Å². The Balaban J connectivity index is 1.71. The van der Waals surface area contributed by atoms with Gasteiger partial charge in [-0.1, -0.05) is 31.1 Å². The van der Waals surface area contributed by atoms with Crippen molar-refractivity contribution in [2.24, 2.45) is 0 Å². The molecule has 5 nitrogen and oxygen atoms in total. The molecule has 5 heteroatoms. The van der Waals surface area contributed by atoms with E-state index in [1.165, 1.54) is 0 Å². The van der Waals surface area contributed by atoms with Crippen LogP contribution >= 0.6 is 0 Å². The molecule has 0 saturated carbocycles. The van der Waals surface area contributed by atoms with Gasteiger partial charge in [0, 0.05) is 5.56 Å². The lowest BCUT2D eigenvalue weighted by Crippen LogP contribution is -2.30. The molecule has 0 fully saturated rings. The van der Waals surface area contributed by atoms with Crippen LogP contribution in [0.3, 0.4) is 0 Å². The summed E-state index contributed by atoms with van der Waals surface area (Å²) in [5.41, 5.74) is 4.21. The van der Waals surface area contributed by atoms with Gasteiger partial charge in [-0.3, -0.25) is 10.1 Å². The van der Waals surface area contributed by atoms with E-state index in [-0.39, 0.29) is 5.91 Å². The van der Waals surface area contributed by atoms with Gasteiger partial charge in [0.25, 0.3) is 5.91 Å². The van der Waals surface area contributed by atoms with Crippen LogP contribution in [-0.4, -0.2) is 17.2 Å². The van der Waals surface area contributed by atoms with Gasteiger partial charge in [-0.2, -0.15) is 0 Å². The third-order valence-corrected chi connectivity index (χ3v) is 4.66. The Kier molecular flexibility index (Phi) is 5.11. The van der Waals surface area contributed by atoms with Crippen molar-refractivity contribution in [2.75, 3.05) is 5.32 Å². The van der Waals surface area contributed by atoms with Gasteiger partial charge in [0.2, 0.25) is 5.88 Å². The third-order valence-electron chi connectivity index (χ3n) is 4.66. The zero-order valence-electron chi connectivity index (χ0n) is 15.4. The molecule has 1 aliphatic carbocycles. The number of aryl methyl sites for hydroxylation is 2. The average Bonchev–Trinajstić information content (AvgIpc) is 2.97. The number of nitrogens with zero attached hydrogens (tertiary/aromatic N) is 1. The first-order chi connectivity index (χ1) is 12.0. The lowest BCUT2D eigenvalue weighted by molar-refractivity contribution is -0.122. The van der Waals surface area contributed by atoms with E-state index in [0.29, 0.717) is 11.8 Å². The Bertz CT molecular complexity index is 764. The molecule has 1 heterocycles. The molecule has 1 N–H and O–H groups in total. The summed E-state index contributed by atoms with van der Waals surface area (Å²) < 4.78 is 11.3. The number of anilines is 1. The summed E-state index contributed by atoms with van der Waals surface area (Å²) in [6, 6.07) is 6.11. The van der Waals surface area contributed by atoms with Gasteiger partial charge in [-0.05, 0) is 62.6 Å². The molecule has 0 aliphatic heterocycles. The second-order valence-electron chi connectivity index (χ2n) is 7.09. The molecular weight excluding hydrogens is 316 g/mol. The lowest BCUT2D eigenvalue weighted by Gasteiger charge is -2.19. The van der Waals surface area contributed by atoms with Gasteiger partial charge in [0.15, 0.2) is 6.10 Å². The highest BCUT2D eigenvalue weighted by Crippen LogP contribution is 2.30. The number of aromatic nitrogens is 1. The van der Waals surface area contributed by atoms with Gasteiger partial charge >= 0.3 is 0 Å². The van der Waals surface area contributed by atoms with E-state index in [1.54, 1.807) is 6.92 Å². The van der Waals surface area contributed by atoms with Crippen molar-refractivity contribution in [1.29, 1.82) is 0 Å². The smallest absolute Gasteiger partial charge is 0.267 e. The number of carbonyl (C=O) groups excluding carboxylic acids is 1. The Hall–Kier alpha value is -2.30. The maximum absolute atomic E-state index is 12.5. The number of hydrogen-bond donors (Lipinski definition) is 1. The predicted molar refractivity (Wildman–Crippen MR) is 97.1 cm³/mol. The predicted octanol–water partition coefficient (Wildman–Crippen LogP) is 4.39. The van der Waals surface area contributed by atoms with Crippen LogP contribution in [0, 0.1) is 6.92 Å². The number of rotatable bonds is 5. The molecular formula is C20H26N2O3. The van der Waals surface area contributed by atoms with Gasteiger partial charge < -0.3 is 9.26 Å². The van der Waals surface area contributed by atoms with Crippen molar-refractivity contribution < 1.29 is 14.1 Å². The minimum Gasteiger partial charge on any atom is -0.481 e. The largest absolute Gasteiger partial charge is 0.481 e. The average molecular weight is 342 g/mol. The van der Waals surface area contributed by atoms with E-state index in [2.05, 4.69) is 36.5 Å². The van der Waals surface area contributed by atoms with Crippen molar-refractivity contribution in [3.05, 3.63) is 40.6 Å². The Labute approximate surface area is 148 Å². The molecule has 0 bridgehead atoms. The van der Waals surface area contributed by atoms with E-state index in [0.717, 1.165) is 53.8 Å². The van der Waals surface area contributed by atoms with Crippen molar-refractivity contribution in [3.8, 4) is 5.75 Å². The fraction of sp³-hybridized carbons (Fsp3) is 0.500. The summed E-state index contributed by atoms with van der Waals surface area (Å²) >= 11 is 0. The van der Waals surface area contributed by atoms with Gasteiger partial charge in [-0.15, -0.1) is 0 Å². The summed E-state index contributed by atoms with van der Waals surface area (Å²) in [5, 5.41) is 6.91. The fourth-order valence-electron chi connectivity index (χ4n) is 3.17. The molecule has 1 atom stereocenters. The Morgan fingerprint density at radius 1 is 1.24 bits per heavy atom. The zero-order valence-corrected chi connectivity index (χ0v) is 15.4. The number of nitrogens with one attached hydrogen (secondary N) is 1. The molecule has 0 radical (unpaired) electrons. The van der Waals surface area contributed by atoms with Crippen molar-refractivity contribution in [2.45, 2.75) is 65.4 Å². The fourth-order valence-corrected chi connectivity index (χ4v) is 3.17. The number of amides is 1. The minimum atomic E-state index is -0.622. The quantitative estimate of drug-likeness (QED) is 0.875. The molecule has 3 rings (SSSR count).